The van der Waals surface area contributed by atoms with Crippen LogP contribution in [0.3, 0.4) is 0 Å². The van der Waals surface area contributed by atoms with Gasteiger partial charge in [0.05, 0.1) is 9.92 Å². The van der Waals surface area contributed by atoms with Crippen LogP contribution in [0.2, 0.25) is 10.0 Å². The number of aryl methyl sites for hydroxylation is 1. The Morgan fingerprint density at radius 2 is 1.81 bits per heavy atom. The highest BCUT2D eigenvalue weighted by molar-refractivity contribution is 7.89. The zero-order valence-corrected chi connectivity index (χ0v) is 17.7. The average Bonchev–Trinajstić information content (AvgIpc) is 2.59. The van der Waals surface area contributed by atoms with Gasteiger partial charge in [-0.25, -0.2) is 12.7 Å². The van der Waals surface area contributed by atoms with Gasteiger partial charge in [-0.3, -0.25) is 4.79 Å². The van der Waals surface area contributed by atoms with Crippen molar-refractivity contribution in [2.45, 2.75) is 18.7 Å². The number of carbonyl (C=O) groups excluding carboxylic acids is 1. The van der Waals surface area contributed by atoms with Gasteiger partial charge in [0.15, 0.2) is 6.61 Å². The molecule has 0 heterocycles. The van der Waals surface area contributed by atoms with Gasteiger partial charge < -0.3 is 10.1 Å². The van der Waals surface area contributed by atoms with Crippen molar-refractivity contribution in [2.75, 3.05) is 26.0 Å². The number of halogens is 2. The first-order valence-corrected chi connectivity index (χ1v) is 10.1. The number of rotatable bonds is 6. The summed E-state index contributed by atoms with van der Waals surface area (Å²) in [5.41, 5.74) is 1.91. The van der Waals surface area contributed by atoms with Gasteiger partial charge in [-0.05, 0) is 49.2 Å². The van der Waals surface area contributed by atoms with Gasteiger partial charge in [0.25, 0.3) is 5.91 Å². The number of hydrogen-bond acceptors (Lipinski definition) is 4. The van der Waals surface area contributed by atoms with Crippen molar-refractivity contribution in [3.63, 3.8) is 0 Å². The third-order valence-electron chi connectivity index (χ3n) is 3.95. The van der Waals surface area contributed by atoms with E-state index in [2.05, 4.69) is 5.32 Å². The number of hydrogen-bond donors (Lipinski definition) is 1. The molecule has 0 aliphatic carbocycles. The predicted octanol–water partition coefficient (Wildman–Crippen LogP) is 3.88. The first kappa shape index (κ1) is 21.5. The van der Waals surface area contributed by atoms with Crippen molar-refractivity contribution in [1.29, 1.82) is 0 Å². The Morgan fingerprint density at radius 3 is 2.44 bits per heavy atom. The maximum Gasteiger partial charge on any atom is 0.262 e. The third kappa shape index (κ3) is 5.13. The number of carbonyl (C=O) groups is 1. The van der Waals surface area contributed by atoms with E-state index in [-0.39, 0.29) is 17.3 Å². The molecular formula is C18H20Cl2N2O4S. The van der Waals surface area contributed by atoms with Gasteiger partial charge >= 0.3 is 0 Å². The molecule has 146 valence electrons. The van der Waals surface area contributed by atoms with Gasteiger partial charge in [0, 0.05) is 30.9 Å². The summed E-state index contributed by atoms with van der Waals surface area (Å²) < 4.78 is 31.3. The molecule has 0 aliphatic rings. The van der Waals surface area contributed by atoms with Gasteiger partial charge in [-0.1, -0.05) is 23.2 Å². The van der Waals surface area contributed by atoms with Crippen molar-refractivity contribution < 1.29 is 17.9 Å². The molecule has 1 N–H and O–H groups in total. The van der Waals surface area contributed by atoms with Crippen LogP contribution in [0.25, 0.3) is 0 Å². The van der Waals surface area contributed by atoms with Crippen LogP contribution in [0.15, 0.2) is 35.2 Å². The van der Waals surface area contributed by atoms with Crippen LogP contribution < -0.4 is 10.1 Å². The number of sulfonamides is 1. The van der Waals surface area contributed by atoms with Gasteiger partial charge in [0.2, 0.25) is 10.0 Å². The summed E-state index contributed by atoms with van der Waals surface area (Å²) in [5.74, 6) is -0.163. The second kappa shape index (κ2) is 8.48. The predicted molar refractivity (Wildman–Crippen MR) is 107 cm³/mol. The summed E-state index contributed by atoms with van der Waals surface area (Å²) in [6.45, 7) is 3.27. The van der Waals surface area contributed by atoms with Crippen molar-refractivity contribution in [1.82, 2.24) is 4.31 Å². The Kier molecular flexibility index (Phi) is 6.75. The van der Waals surface area contributed by atoms with E-state index in [1.165, 1.54) is 26.2 Å². The standard InChI is InChI=1S/C18H20Cl2N2O4S/c1-11-7-14(27(24,25)22(3)4)9-16(12(11)2)21-18(23)10-26-17-8-13(19)5-6-15(17)20/h5-9H,10H2,1-4H3,(H,21,23). The van der Waals surface area contributed by atoms with Crippen LogP contribution in [0, 0.1) is 13.8 Å². The van der Waals surface area contributed by atoms with E-state index in [1.54, 1.807) is 32.0 Å². The molecule has 9 heteroatoms. The Balaban J connectivity index is 2.20. The molecule has 0 atom stereocenters. The van der Waals surface area contributed by atoms with E-state index < -0.39 is 15.9 Å². The summed E-state index contributed by atoms with van der Waals surface area (Å²) in [5, 5.41) is 3.45. The lowest BCUT2D eigenvalue weighted by molar-refractivity contribution is -0.118. The Labute approximate surface area is 169 Å². The number of anilines is 1. The molecule has 0 saturated heterocycles. The van der Waals surface area contributed by atoms with E-state index in [0.717, 1.165) is 15.4 Å². The number of nitrogens with one attached hydrogen (secondary N) is 1. The molecule has 0 saturated carbocycles. The lowest BCUT2D eigenvalue weighted by Crippen LogP contribution is -2.24. The first-order valence-electron chi connectivity index (χ1n) is 7.94. The van der Waals surface area contributed by atoms with Crippen LogP contribution in [-0.4, -0.2) is 39.3 Å². The lowest BCUT2D eigenvalue weighted by Gasteiger charge is -2.16. The minimum Gasteiger partial charge on any atom is -0.482 e. The van der Waals surface area contributed by atoms with Crippen LogP contribution >= 0.6 is 23.2 Å². The second-order valence-electron chi connectivity index (χ2n) is 6.11. The van der Waals surface area contributed by atoms with Gasteiger partial charge in [-0.15, -0.1) is 0 Å². The zero-order valence-electron chi connectivity index (χ0n) is 15.3. The van der Waals surface area contributed by atoms with Crippen LogP contribution in [0.1, 0.15) is 11.1 Å². The SMILES string of the molecule is Cc1cc(S(=O)(=O)N(C)C)cc(NC(=O)COc2cc(Cl)ccc2Cl)c1C. The highest BCUT2D eigenvalue weighted by Gasteiger charge is 2.20. The molecule has 6 nitrogen and oxygen atoms in total. The zero-order chi connectivity index (χ0) is 20.4. The molecule has 0 fully saturated rings. The minimum atomic E-state index is -3.62. The molecule has 2 aromatic carbocycles. The van der Waals surface area contributed by atoms with Crippen molar-refractivity contribution in [3.05, 3.63) is 51.5 Å². The van der Waals surface area contributed by atoms with Crippen LogP contribution in [0.4, 0.5) is 5.69 Å². The summed E-state index contributed by atoms with van der Waals surface area (Å²) in [6, 6.07) is 7.70. The number of ether oxygens (including phenoxy) is 1. The maximum atomic E-state index is 12.4. The Bertz CT molecular complexity index is 976. The molecule has 0 spiro atoms. The fraction of sp³-hybridized carbons (Fsp3) is 0.278. The third-order valence-corrected chi connectivity index (χ3v) is 6.29. The molecule has 2 aromatic rings. The number of benzene rings is 2. The number of nitrogens with zero attached hydrogens (tertiary/aromatic N) is 1. The smallest absolute Gasteiger partial charge is 0.262 e. The number of amides is 1. The first-order chi connectivity index (χ1) is 12.5. The topological polar surface area (TPSA) is 75.7 Å². The summed E-state index contributed by atoms with van der Waals surface area (Å²) in [6.07, 6.45) is 0. The minimum absolute atomic E-state index is 0.102. The normalized spacial score (nSPS) is 11.5. The summed E-state index contributed by atoms with van der Waals surface area (Å²) in [4.78, 5) is 12.4. The van der Waals surface area contributed by atoms with Crippen LogP contribution in [0.5, 0.6) is 5.75 Å². The van der Waals surface area contributed by atoms with E-state index in [0.29, 0.717) is 15.7 Å². The largest absolute Gasteiger partial charge is 0.482 e. The van der Waals surface area contributed by atoms with Crippen LogP contribution in [-0.2, 0) is 14.8 Å². The molecule has 0 aromatic heterocycles. The molecule has 0 unspecified atom stereocenters. The molecular weight excluding hydrogens is 411 g/mol. The molecule has 1 amide bonds. The molecule has 0 radical (unpaired) electrons. The van der Waals surface area contributed by atoms with Gasteiger partial charge in [0.1, 0.15) is 5.75 Å². The maximum absolute atomic E-state index is 12.4. The van der Waals surface area contributed by atoms with Crippen molar-refractivity contribution in [2.24, 2.45) is 0 Å². The highest BCUT2D eigenvalue weighted by Crippen LogP contribution is 2.28. The second-order valence-corrected chi connectivity index (χ2v) is 9.11. The van der Waals surface area contributed by atoms with E-state index in [1.807, 2.05) is 0 Å². The lowest BCUT2D eigenvalue weighted by atomic mass is 10.1. The molecule has 27 heavy (non-hydrogen) atoms. The van der Waals surface area contributed by atoms with Crippen molar-refractivity contribution >= 4 is 44.8 Å². The summed E-state index contributed by atoms with van der Waals surface area (Å²) in [7, 11) is -0.722. The van der Waals surface area contributed by atoms with E-state index in [4.69, 9.17) is 27.9 Å². The molecule has 0 bridgehead atoms. The molecule has 0 aliphatic heterocycles. The Morgan fingerprint density at radius 1 is 1.15 bits per heavy atom. The van der Waals surface area contributed by atoms with Crippen molar-refractivity contribution in [3.8, 4) is 5.75 Å². The average molecular weight is 431 g/mol. The summed E-state index contributed by atoms with van der Waals surface area (Å²) >= 11 is 11.9. The fourth-order valence-electron chi connectivity index (χ4n) is 2.23. The molecule has 2 rings (SSSR count). The van der Waals surface area contributed by atoms with E-state index in [9.17, 15) is 13.2 Å². The Hall–Kier alpha value is -1.80. The monoisotopic (exact) mass is 430 g/mol. The fourth-order valence-corrected chi connectivity index (χ4v) is 3.58. The van der Waals surface area contributed by atoms with E-state index >= 15 is 0 Å². The highest BCUT2D eigenvalue weighted by atomic mass is 35.5. The van der Waals surface area contributed by atoms with Gasteiger partial charge in [-0.2, -0.15) is 0 Å². The quantitative estimate of drug-likeness (QED) is 0.754.